The zero-order valence-corrected chi connectivity index (χ0v) is 18.9. The summed E-state index contributed by atoms with van der Waals surface area (Å²) in [7, 11) is 0. The molecule has 1 heterocycles. The zero-order chi connectivity index (χ0) is 23.2. The van der Waals surface area contributed by atoms with E-state index in [1.165, 1.54) is 17.7 Å². The van der Waals surface area contributed by atoms with Gasteiger partial charge in [0.25, 0.3) is 0 Å². The van der Waals surface area contributed by atoms with Gasteiger partial charge in [0.2, 0.25) is 11.7 Å². The van der Waals surface area contributed by atoms with Crippen LogP contribution in [-0.4, -0.2) is 45.7 Å². The first-order valence-electron chi connectivity index (χ1n) is 11.0. The van der Waals surface area contributed by atoms with E-state index in [-0.39, 0.29) is 23.8 Å². The Bertz CT molecular complexity index is 779. The highest BCUT2D eigenvalue weighted by molar-refractivity contribution is 6.06. The summed E-state index contributed by atoms with van der Waals surface area (Å²) in [4.78, 5) is 35.3. The third-order valence-electron chi connectivity index (χ3n) is 5.57. The number of aliphatic carboxylic acids is 1. The van der Waals surface area contributed by atoms with Crippen molar-refractivity contribution in [3.05, 3.63) is 35.6 Å². The number of hydrogen-bond donors (Lipinski definition) is 3. The highest BCUT2D eigenvalue weighted by Crippen LogP contribution is 2.42. The van der Waals surface area contributed by atoms with Crippen LogP contribution >= 0.6 is 0 Å². The first-order valence-corrected chi connectivity index (χ1v) is 11.0. The number of ether oxygens (including phenoxy) is 1. The minimum atomic E-state index is -1.33. The van der Waals surface area contributed by atoms with Crippen LogP contribution in [0, 0.1) is 11.8 Å². The van der Waals surface area contributed by atoms with Crippen LogP contribution in [0.3, 0.4) is 0 Å². The number of nitrogens with one attached hydrogen (secondary N) is 1. The SMILES string of the molecule is CC(C)=C[C@H](C)C[C@H](C)/C=C/C(=O)NC1=C[C@](O)(CCCCCC(=O)O)[C@H]2O[C@H]2C1=O. The van der Waals surface area contributed by atoms with Crippen molar-refractivity contribution in [2.45, 2.75) is 84.0 Å². The van der Waals surface area contributed by atoms with Gasteiger partial charge < -0.3 is 20.3 Å². The number of allylic oxidation sites excluding steroid dienone is 3. The first kappa shape index (κ1) is 25.0. The van der Waals surface area contributed by atoms with Crippen LogP contribution in [0.2, 0.25) is 0 Å². The average molecular weight is 434 g/mol. The predicted molar refractivity (Wildman–Crippen MR) is 117 cm³/mol. The molecular weight excluding hydrogens is 398 g/mol. The molecule has 0 aromatic carbocycles. The quantitative estimate of drug-likeness (QED) is 0.188. The van der Waals surface area contributed by atoms with Gasteiger partial charge in [-0.2, -0.15) is 0 Å². The summed E-state index contributed by atoms with van der Waals surface area (Å²) in [6.45, 7) is 8.29. The molecule has 0 aromatic rings. The van der Waals surface area contributed by atoms with Crippen LogP contribution in [0.25, 0.3) is 0 Å². The highest BCUT2D eigenvalue weighted by Gasteiger charge is 2.60. The van der Waals surface area contributed by atoms with Crippen LogP contribution in [0.15, 0.2) is 35.6 Å². The van der Waals surface area contributed by atoms with Crippen LogP contribution in [0.4, 0.5) is 0 Å². The number of carbonyl (C=O) groups is 3. The Morgan fingerprint density at radius 2 is 1.94 bits per heavy atom. The van der Waals surface area contributed by atoms with Gasteiger partial charge >= 0.3 is 5.97 Å². The van der Waals surface area contributed by atoms with Gasteiger partial charge in [0, 0.05) is 6.42 Å². The second-order valence-corrected chi connectivity index (χ2v) is 9.13. The van der Waals surface area contributed by atoms with Crippen LogP contribution in [-0.2, 0) is 19.1 Å². The van der Waals surface area contributed by atoms with E-state index in [0.717, 1.165) is 6.42 Å². The number of rotatable bonds is 12. The molecule has 0 aromatic heterocycles. The van der Waals surface area contributed by atoms with E-state index < -0.39 is 29.7 Å². The maximum absolute atomic E-state index is 12.4. The van der Waals surface area contributed by atoms with Gasteiger partial charge in [-0.15, -0.1) is 0 Å². The molecule has 0 saturated carbocycles. The molecule has 0 unspecified atom stereocenters. The van der Waals surface area contributed by atoms with Gasteiger partial charge in [-0.25, -0.2) is 0 Å². The molecule has 2 rings (SSSR count). The Balaban J connectivity index is 1.91. The van der Waals surface area contributed by atoms with Crippen molar-refractivity contribution >= 4 is 17.7 Å². The Kier molecular flexibility index (Phi) is 8.77. The number of Topliss-reactive ketones (excluding diaryl/α,β-unsaturated/α-hetero) is 1. The maximum atomic E-state index is 12.4. The predicted octanol–water partition coefficient (Wildman–Crippen LogP) is 3.29. The Labute approximate surface area is 184 Å². The standard InChI is InChI=1S/C24H35NO6/c1-15(2)12-17(4)13-16(3)9-10-19(26)25-18-14-24(30,23-22(31-23)21(18)29)11-7-5-6-8-20(27)28/h9-10,12,14,16-17,22-23,30H,5-8,11,13H2,1-4H3,(H,25,26)(H,27,28)/b10-9+/t16-,17+,22+,23+,24-/m1/s1. The van der Waals surface area contributed by atoms with E-state index in [4.69, 9.17) is 9.84 Å². The van der Waals surface area contributed by atoms with Crippen LogP contribution in [0.5, 0.6) is 0 Å². The van der Waals surface area contributed by atoms with Crippen molar-refractivity contribution in [1.29, 1.82) is 0 Å². The number of amides is 1. The normalized spacial score (nSPS) is 26.6. The Morgan fingerprint density at radius 1 is 1.23 bits per heavy atom. The fourth-order valence-electron chi connectivity index (χ4n) is 4.15. The summed E-state index contributed by atoms with van der Waals surface area (Å²) in [6.07, 6.45) is 8.66. The molecule has 0 radical (unpaired) electrons. The van der Waals surface area contributed by atoms with Gasteiger partial charge in [0.05, 0.1) is 5.70 Å². The number of unbranched alkanes of at least 4 members (excludes halogenated alkanes) is 2. The summed E-state index contributed by atoms with van der Waals surface area (Å²) in [5, 5.41) is 22.2. The van der Waals surface area contributed by atoms with E-state index in [2.05, 4.69) is 32.2 Å². The molecular formula is C24H35NO6. The number of ketones is 1. The maximum Gasteiger partial charge on any atom is 0.303 e. The van der Waals surface area contributed by atoms with E-state index in [1.807, 2.05) is 13.0 Å². The van der Waals surface area contributed by atoms with Crippen molar-refractivity contribution in [3.8, 4) is 0 Å². The molecule has 3 N–H and O–H groups in total. The topological polar surface area (TPSA) is 116 Å². The third-order valence-corrected chi connectivity index (χ3v) is 5.57. The minimum Gasteiger partial charge on any atom is -0.481 e. The summed E-state index contributed by atoms with van der Waals surface area (Å²) in [5.41, 5.74) is -0.00701. The molecule has 1 amide bonds. The lowest BCUT2D eigenvalue weighted by Crippen LogP contribution is -2.43. The Morgan fingerprint density at radius 3 is 2.58 bits per heavy atom. The van der Waals surface area contributed by atoms with Gasteiger partial charge in [0.15, 0.2) is 6.10 Å². The average Bonchev–Trinajstić information content (AvgIpc) is 3.45. The van der Waals surface area contributed by atoms with E-state index >= 15 is 0 Å². The lowest BCUT2D eigenvalue weighted by atomic mass is 9.84. The number of carboxylic acid groups (broad SMARTS) is 1. The zero-order valence-electron chi connectivity index (χ0n) is 18.9. The summed E-state index contributed by atoms with van der Waals surface area (Å²) in [5.74, 6) is -0.973. The number of carboxylic acids is 1. The van der Waals surface area contributed by atoms with Crippen molar-refractivity contribution in [2.24, 2.45) is 11.8 Å². The van der Waals surface area contributed by atoms with E-state index in [1.54, 1.807) is 0 Å². The second kappa shape index (κ2) is 10.9. The fourth-order valence-corrected chi connectivity index (χ4v) is 4.15. The lowest BCUT2D eigenvalue weighted by Gasteiger charge is -2.26. The molecule has 0 spiro atoms. The third kappa shape index (κ3) is 7.74. The smallest absolute Gasteiger partial charge is 0.303 e. The van der Waals surface area contributed by atoms with Crippen molar-refractivity contribution in [2.75, 3.05) is 0 Å². The lowest BCUT2D eigenvalue weighted by molar-refractivity contribution is -0.137. The molecule has 5 atom stereocenters. The number of carbonyl (C=O) groups excluding carboxylic acids is 2. The minimum absolute atomic E-state index is 0.0620. The first-order chi connectivity index (χ1) is 14.5. The molecule has 2 aliphatic rings. The molecule has 0 bridgehead atoms. The monoisotopic (exact) mass is 433 g/mol. The fraction of sp³-hybridized carbons (Fsp3) is 0.625. The van der Waals surface area contributed by atoms with Gasteiger partial charge in [-0.3, -0.25) is 14.4 Å². The van der Waals surface area contributed by atoms with E-state index in [9.17, 15) is 19.5 Å². The summed E-state index contributed by atoms with van der Waals surface area (Å²) < 4.78 is 5.37. The van der Waals surface area contributed by atoms with Crippen molar-refractivity contribution in [3.63, 3.8) is 0 Å². The number of hydrogen-bond acceptors (Lipinski definition) is 5. The molecule has 7 nitrogen and oxygen atoms in total. The molecule has 7 heteroatoms. The molecule has 31 heavy (non-hydrogen) atoms. The van der Waals surface area contributed by atoms with Gasteiger partial charge in [0.1, 0.15) is 11.7 Å². The van der Waals surface area contributed by atoms with Gasteiger partial charge in [-0.05, 0) is 57.1 Å². The molecule has 1 fully saturated rings. The Hall–Kier alpha value is -2.25. The number of fused-ring (bicyclic) bond motifs is 1. The van der Waals surface area contributed by atoms with Crippen LogP contribution < -0.4 is 5.32 Å². The second-order valence-electron chi connectivity index (χ2n) is 9.13. The summed E-state index contributed by atoms with van der Waals surface area (Å²) >= 11 is 0. The number of aliphatic hydroxyl groups is 1. The van der Waals surface area contributed by atoms with Crippen molar-refractivity contribution in [1.82, 2.24) is 5.32 Å². The highest BCUT2D eigenvalue weighted by atomic mass is 16.6. The van der Waals surface area contributed by atoms with Crippen LogP contribution in [0.1, 0.15) is 66.2 Å². The molecule has 1 saturated heterocycles. The molecule has 172 valence electrons. The molecule has 1 aliphatic carbocycles. The number of epoxide rings is 1. The van der Waals surface area contributed by atoms with Crippen molar-refractivity contribution < 1.29 is 29.3 Å². The largest absolute Gasteiger partial charge is 0.481 e. The van der Waals surface area contributed by atoms with E-state index in [0.29, 0.717) is 31.6 Å². The summed E-state index contributed by atoms with van der Waals surface area (Å²) in [6, 6.07) is 0. The molecule has 1 aliphatic heterocycles. The van der Waals surface area contributed by atoms with Gasteiger partial charge in [-0.1, -0.05) is 44.4 Å².